The van der Waals surface area contributed by atoms with E-state index in [1.807, 2.05) is 18.2 Å². The topological polar surface area (TPSA) is 56.0 Å². The van der Waals surface area contributed by atoms with Gasteiger partial charge in [0.05, 0.1) is 11.0 Å². The lowest BCUT2D eigenvalue weighted by atomic mass is 10.1. The van der Waals surface area contributed by atoms with Gasteiger partial charge in [0.25, 0.3) is 5.91 Å². The minimum atomic E-state index is -0.367. The molecule has 3 aromatic rings. The molecule has 1 amide bonds. The zero-order valence-corrected chi connectivity index (χ0v) is 13.5. The van der Waals surface area contributed by atoms with Crippen molar-refractivity contribution in [2.24, 2.45) is 14.1 Å². The standard InChI is InChI=1S/C18H18FN3O2/c1-21-15-8-3-12(11-16(15)22(2)18(21)24)9-10-20-17(23)13-4-6-14(19)7-5-13/h3-8,11H,9-10H2,1-2H3,(H,20,23). The summed E-state index contributed by atoms with van der Waals surface area (Å²) in [6, 6.07) is 11.3. The Bertz CT molecular complexity index is 955. The molecule has 0 saturated carbocycles. The van der Waals surface area contributed by atoms with Crippen molar-refractivity contribution in [2.45, 2.75) is 6.42 Å². The summed E-state index contributed by atoms with van der Waals surface area (Å²) < 4.78 is 16.1. The largest absolute Gasteiger partial charge is 0.352 e. The molecule has 2 aromatic carbocycles. The lowest BCUT2D eigenvalue weighted by molar-refractivity contribution is 0.0954. The van der Waals surface area contributed by atoms with E-state index in [2.05, 4.69) is 5.32 Å². The van der Waals surface area contributed by atoms with E-state index in [0.717, 1.165) is 16.6 Å². The van der Waals surface area contributed by atoms with Gasteiger partial charge in [-0.3, -0.25) is 13.9 Å². The van der Waals surface area contributed by atoms with Crippen LogP contribution in [0.2, 0.25) is 0 Å². The number of aryl methyl sites for hydroxylation is 2. The maximum atomic E-state index is 12.9. The van der Waals surface area contributed by atoms with Crippen molar-refractivity contribution in [3.05, 3.63) is 69.9 Å². The number of rotatable bonds is 4. The molecule has 0 saturated heterocycles. The van der Waals surface area contributed by atoms with Gasteiger partial charge in [0, 0.05) is 26.2 Å². The first-order chi connectivity index (χ1) is 11.5. The summed E-state index contributed by atoms with van der Waals surface area (Å²) in [6.07, 6.45) is 0.645. The number of fused-ring (bicyclic) bond motifs is 1. The summed E-state index contributed by atoms with van der Waals surface area (Å²) in [5.41, 5.74) is 3.14. The van der Waals surface area contributed by atoms with Gasteiger partial charge in [-0.2, -0.15) is 0 Å². The Hall–Kier alpha value is -2.89. The zero-order valence-electron chi connectivity index (χ0n) is 13.5. The van der Waals surface area contributed by atoms with Crippen LogP contribution in [0.25, 0.3) is 11.0 Å². The van der Waals surface area contributed by atoms with Crippen LogP contribution in [0.15, 0.2) is 47.3 Å². The van der Waals surface area contributed by atoms with Crippen molar-refractivity contribution in [3.63, 3.8) is 0 Å². The molecule has 0 radical (unpaired) electrons. The molecule has 0 unspecified atom stereocenters. The van der Waals surface area contributed by atoms with Crippen molar-refractivity contribution in [1.82, 2.24) is 14.5 Å². The van der Waals surface area contributed by atoms with Crippen LogP contribution in [0, 0.1) is 5.82 Å². The molecule has 124 valence electrons. The van der Waals surface area contributed by atoms with Crippen molar-refractivity contribution in [1.29, 1.82) is 0 Å². The SMILES string of the molecule is Cn1c(=O)n(C)c2cc(CCNC(=O)c3ccc(F)cc3)ccc21. The van der Waals surface area contributed by atoms with Crippen LogP contribution in [0.5, 0.6) is 0 Å². The number of carbonyl (C=O) groups is 1. The van der Waals surface area contributed by atoms with Gasteiger partial charge >= 0.3 is 5.69 Å². The number of halogens is 1. The van der Waals surface area contributed by atoms with Crippen LogP contribution in [0.3, 0.4) is 0 Å². The van der Waals surface area contributed by atoms with Crippen molar-refractivity contribution in [2.75, 3.05) is 6.54 Å². The second kappa shape index (κ2) is 6.31. The molecule has 0 fully saturated rings. The van der Waals surface area contributed by atoms with Crippen LogP contribution >= 0.6 is 0 Å². The number of hydrogen-bond acceptors (Lipinski definition) is 2. The predicted molar refractivity (Wildman–Crippen MR) is 90.6 cm³/mol. The number of carbonyl (C=O) groups excluding carboxylic acids is 1. The molecule has 5 nitrogen and oxygen atoms in total. The van der Waals surface area contributed by atoms with Gasteiger partial charge in [-0.1, -0.05) is 6.07 Å². The third-order valence-corrected chi connectivity index (χ3v) is 4.14. The Labute approximate surface area is 138 Å². The molecular weight excluding hydrogens is 309 g/mol. The highest BCUT2D eigenvalue weighted by atomic mass is 19.1. The highest BCUT2D eigenvalue weighted by molar-refractivity contribution is 5.94. The minimum absolute atomic E-state index is 0.0632. The molecule has 24 heavy (non-hydrogen) atoms. The summed E-state index contributed by atoms with van der Waals surface area (Å²) in [4.78, 5) is 23.9. The highest BCUT2D eigenvalue weighted by Gasteiger charge is 2.09. The molecule has 1 aromatic heterocycles. The van der Waals surface area contributed by atoms with E-state index in [9.17, 15) is 14.0 Å². The fraction of sp³-hybridized carbons (Fsp3) is 0.222. The summed E-state index contributed by atoms with van der Waals surface area (Å²) >= 11 is 0. The summed E-state index contributed by atoms with van der Waals surface area (Å²) in [5, 5.41) is 2.81. The maximum absolute atomic E-state index is 12.9. The van der Waals surface area contributed by atoms with Crippen molar-refractivity contribution < 1.29 is 9.18 Å². The van der Waals surface area contributed by atoms with Crippen LogP contribution in [0.4, 0.5) is 4.39 Å². The van der Waals surface area contributed by atoms with E-state index in [1.54, 1.807) is 23.2 Å². The van der Waals surface area contributed by atoms with E-state index in [0.29, 0.717) is 18.5 Å². The number of amides is 1. The Morgan fingerprint density at radius 3 is 2.42 bits per heavy atom. The third kappa shape index (κ3) is 2.95. The molecule has 1 heterocycles. The second-order valence-electron chi connectivity index (χ2n) is 5.74. The molecule has 0 bridgehead atoms. The van der Waals surface area contributed by atoms with E-state index in [-0.39, 0.29) is 17.4 Å². The molecule has 1 N–H and O–H groups in total. The smallest absolute Gasteiger partial charge is 0.328 e. The fourth-order valence-electron chi connectivity index (χ4n) is 2.73. The minimum Gasteiger partial charge on any atom is -0.352 e. The van der Waals surface area contributed by atoms with Gasteiger partial charge in [-0.05, 0) is 48.4 Å². The number of hydrogen-bond donors (Lipinski definition) is 1. The Balaban J connectivity index is 1.67. The predicted octanol–water partition coefficient (Wildman–Crippen LogP) is 1.99. The van der Waals surface area contributed by atoms with Gasteiger partial charge in [0.15, 0.2) is 0 Å². The fourth-order valence-corrected chi connectivity index (χ4v) is 2.73. The first-order valence-electron chi connectivity index (χ1n) is 7.65. The number of imidazole rings is 1. The van der Waals surface area contributed by atoms with E-state index < -0.39 is 0 Å². The molecule has 0 spiro atoms. The number of benzene rings is 2. The molecule has 0 aliphatic carbocycles. The second-order valence-corrected chi connectivity index (χ2v) is 5.74. The first kappa shape index (κ1) is 16.0. The van der Waals surface area contributed by atoms with Crippen molar-refractivity contribution in [3.8, 4) is 0 Å². The van der Waals surface area contributed by atoms with Crippen molar-refractivity contribution >= 4 is 16.9 Å². The van der Waals surface area contributed by atoms with Crippen LogP contribution in [0.1, 0.15) is 15.9 Å². The third-order valence-electron chi connectivity index (χ3n) is 4.14. The lowest BCUT2D eigenvalue weighted by Gasteiger charge is -2.06. The molecule has 0 atom stereocenters. The number of nitrogens with zero attached hydrogens (tertiary/aromatic N) is 2. The molecule has 0 aliphatic heterocycles. The maximum Gasteiger partial charge on any atom is 0.328 e. The van der Waals surface area contributed by atoms with Gasteiger partial charge in [0.2, 0.25) is 0 Å². The molecular formula is C18H18FN3O2. The van der Waals surface area contributed by atoms with E-state index in [1.165, 1.54) is 24.3 Å². The summed E-state index contributed by atoms with van der Waals surface area (Å²) in [6.45, 7) is 0.461. The first-order valence-corrected chi connectivity index (χ1v) is 7.65. The Kier molecular flexibility index (Phi) is 4.20. The summed E-state index contributed by atoms with van der Waals surface area (Å²) in [7, 11) is 3.48. The van der Waals surface area contributed by atoms with E-state index >= 15 is 0 Å². The Morgan fingerprint density at radius 2 is 1.71 bits per heavy atom. The van der Waals surface area contributed by atoms with Gasteiger partial charge in [-0.25, -0.2) is 9.18 Å². The zero-order chi connectivity index (χ0) is 17.3. The molecule has 3 rings (SSSR count). The number of nitrogens with one attached hydrogen (secondary N) is 1. The van der Waals surface area contributed by atoms with Crippen LogP contribution < -0.4 is 11.0 Å². The lowest BCUT2D eigenvalue weighted by Crippen LogP contribution is -2.25. The number of aromatic nitrogens is 2. The molecule has 0 aliphatic rings. The summed E-state index contributed by atoms with van der Waals surface area (Å²) in [5.74, 6) is -0.600. The highest BCUT2D eigenvalue weighted by Crippen LogP contribution is 2.14. The van der Waals surface area contributed by atoms with Gasteiger partial charge in [-0.15, -0.1) is 0 Å². The average molecular weight is 327 g/mol. The Morgan fingerprint density at radius 1 is 1.04 bits per heavy atom. The van der Waals surface area contributed by atoms with Crippen LogP contribution in [-0.2, 0) is 20.5 Å². The van der Waals surface area contributed by atoms with Gasteiger partial charge < -0.3 is 5.32 Å². The normalized spacial score (nSPS) is 11.0. The van der Waals surface area contributed by atoms with Gasteiger partial charge in [0.1, 0.15) is 5.82 Å². The average Bonchev–Trinajstić information content (AvgIpc) is 2.80. The van der Waals surface area contributed by atoms with Crippen LogP contribution in [-0.4, -0.2) is 21.6 Å². The quantitative estimate of drug-likeness (QED) is 0.797. The van der Waals surface area contributed by atoms with E-state index in [4.69, 9.17) is 0 Å². The molecule has 6 heteroatoms. The monoisotopic (exact) mass is 327 g/mol.